The summed E-state index contributed by atoms with van der Waals surface area (Å²) in [5.74, 6) is -0.230. The fourth-order valence-corrected chi connectivity index (χ4v) is 2.29. The molecule has 0 heterocycles. The standard InChI is InChI=1S/C16H19FN2/c1-3-19(14-8-4-6-12(2)10-14)16-13(11-18)7-5-9-15(16)17/h4-10H,3,11,18H2,1-2H3. The Morgan fingerprint density at radius 3 is 2.53 bits per heavy atom. The van der Waals surface area contributed by atoms with Gasteiger partial charge in [-0.15, -0.1) is 0 Å². The van der Waals surface area contributed by atoms with Crippen LogP contribution in [-0.4, -0.2) is 6.54 Å². The Labute approximate surface area is 113 Å². The predicted octanol–water partition coefficient (Wildman–Crippen LogP) is 3.75. The second kappa shape index (κ2) is 5.85. The van der Waals surface area contributed by atoms with Crippen molar-refractivity contribution in [3.63, 3.8) is 0 Å². The minimum Gasteiger partial charge on any atom is -0.339 e. The molecule has 0 bridgehead atoms. The highest BCUT2D eigenvalue weighted by molar-refractivity contribution is 5.67. The summed E-state index contributed by atoms with van der Waals surface area (Å²) < 4.78 is 14.2. The molecule has 0 aliphatic heterocycles. The predicted molar refractivity (Wildman–Crippen MR) is 78.2 cm³/mol. The van der Waals surface area contributed by atoms with Crippen LogP contribution in [-0.2, 0) is 6.54 Å². The summed E-state index contributed by atoms with van der Waals surface area (Å²) in [5.41, 5.74) is 9.27. The number of nitrogens with zero attached hydrogens (tertiary/aromatic N) is 1. The molecule has 19 heavy (non-hydrogen) atoms. The van der Waals surface area contributed by atoms with Crippen molar-refractivity contribution in [2.75, 3.05) is 11.4 Å². The van der Waals surface area contributed by atoms with Gasteiger partial charge in [0.2, 0.25) is 0 Å². The van der Waals surface area contributed by atoms with Gasteiger partial charge in [0.05, 0.1) is 5.69 Å². The van der Waals surface area contributed by atoms with Crippen molar-refractivity contribution in [1.29, 1.82) is 0 Å². The Morgan fingerprint density at radius 1 is 1.16 bits per heavy atom. The Morgan fingerprint density at radius 2 is 1.89 bits per heavy atom. The van der Waals surface area contributed by atoms with E-state index in [4.69, 9.17) is 5.73 Å². The first-order chi connectivity index (χ1) is 9.17. The molecule has 2 rings (SSSR count). The second-order valence-electron chi connectivity index (χ2n) is 4.53. The van der Waals surface area contributed by atoms with Gasteiger partial charge >= 0.3 is 0 Å². The van der Waals surface area contributed by atoms with E-state index in [9.17, 15) is 4.39 Å². The molecule has 0 unspecified atom stereocenters. The molecule has 2 nitrogen and oxygen atoms in total. The number of nitrogens with two attached hydrogens (primary N) is 1. The molecule has 0 aliphatic rings. The lowest BCUT2D eigenvalue weighted by Gasteiger charge is -2.26. The van der Waals surface area contributed by atoms with Gasteiger partial charge in [-0.2, -0.15) is 0 Å². The van der Waals surface area contributed by atoms with Crippen LogP contribution >= 0.6 is 0 Å². The van der Waals surface area contributed by atoms with Crippen LogP contribution < -0.4 is 10.6 Å². The van der Waals surface area contributed by atoms with E-state index in [2.05, 4.69) is 6.07 Å². The van der Waals surface area contributed by atoms with Gasteiger partial charge in [0.15, 0.2) is 0 Å². The second-order valence-corrected chi connectivity index (χ2v) is 4.53. The molecule has 0 saturated carbocycles. The van der Waals surface area contributed by atoms with Gasteiger partial charge in [0, 0.05) is 18.8 Å². The van der Waals surface area contributed by atoms with Crippen molar-refractivity contribution in [2.24, 2.45) is 5.73 Å². The zero-order valence-corrected chi connectivity index (χ0v) is 11.4. The number of rotatable bonds is 4. The molecule has 2 aromatic rings. The van der Waals surface area contributed by atoms with Crippen LogP contribution in [0.5, 0.6) is 0 Å². The lowest BCUT2D eigenvalue weighted by Crippen LogP contribution is -2.20. The van der Waals surface area contributed by atoms with Crippen LogP contribution in [0.15, 0.2) is 42.5 Å². The van der Waals surface area contributed by atoms with Crippen molar-refractivity contribution >= 4 is 11.4 Å². The van der Waals surface area contributed by atoms with Gasteiger partial charge in [0.1, 0.15) is 5.82 Å². The Bertz CT molecular complexity index is 566. The fraction of sp³-hybridized carbons (Fsp3) is 0.250. The fourth-order valence-electron chi connectivity index (χ4n) is 2.29. The van der Waals surface area contributed by atoms with Gasteiger partial charge in [0.25, 0.3) is 0 Å². The third-order valence-electron chi connectivity index (χ3n) is 3.19. The number of para-hydroxylation sites is 1. The van der Waals surface area contributed by atoms with Crippen molar-refractivity contribution in [1.82, 2.24) is 0 Å². The van der Waals surface area contributed by atoms with E-state index in [0.717, 1.165) is 16.8 Å². The highest BCUT2D eigenvalue weighted by atomic mass is 19.1. The first-order valence-corrected chi connectivity index (χ1v) is 6.49. The molecule has 0 amide bonds. The van der Waals surface area contributed by atoms with E-state index in [1.165, 1.54) is 6.07 Å². The van der Waals surface area contributed by atoms with E-state index < -0.39 is 0 Å². The Balaban J connectivity index is 2.54. The van der Waals surface area contributed by atoms with Crippen molar-refractivity contribution in [3.8, 4) is 0 Å². The van der Waals surface area contributed by atoms with Crippen LogP contribution in [0.2, 0.25) is 0 Å². The van der Waals surface area contributed by atoms with Gasteiger partial charge in [-0.1, -0.05) is 24.3 Å². The van der Waals surface area contributed by atoms with Gasteiger partial charge in [-0.05, 0) is 43.2 Å². The first-order valence-electron chi connectivity index (χ1n) is 6.49. The van der Waals surface area contributed by atoms with Crippen LogP contribution in [0.25, 0.3) is 0 Å². The minimum absolute atomic E-state index is 0.230. The van der Waals surface area contributed by atoms with Gasteiger partial charge in [-0.3, -0.25) is 0 Å². The maximum atomic E-state index is 14.2. The lowest BCUT2D eigenvalue weighted by molar-refractivity contribution is 0.623. The van der Waals surface area contributed by atoms with Crippen LogP contribution in [0.3, 0.4) is 0 Å². The van der Waals surface area contributed by atoms with Gasteiger partial charge < -0.3 is 10.6 Å². The summed E-state index contributed by atoms with van der Waals surface area (Å²) >= 11 is 0. The molecule has 3 heteroatoms. The summed E-state index contributed by atoms with van der Waals surface area (Å²) in [6.45, 7) is 5.06. The highest BCUT2D eigenvalue weighted by Gasteiger charge is 2.15. The molecule has 0 spiro atoms. The SMILES string of the molecule is CCN(c1cccc(C)c1)c1c(F)cccc1CN. The average molecular weight is 258 g/mol. The number of anilines is 2. The zero-order valence-electron chi connectivity index (χ0n) is 11.4. The number of halogens is 1. The topological polar surface area (TPSA) is 29.3 Å². The number of benzene rings is 2. The van der Waals surface area contributed by atoms with Crippen LogP contribution in [0.1, 0.15) is 18.1 Å². The molecule has 0 atom stereocenters. The van der Waals surface area contributed by atoms with Crippen molar-refractivity contribution in [3.05, 3.63) is 59.4 Å². The van der Waals surface area contributed by atoms with Crippen molar-refractivity contribution < 1.29 is 4.39 Å². The maximum absolute atomic E-state index is 14.2. The zero-order chi connectivity index (χ0) is 13.8. The van der Waals surface area contributed by atoms with E-state index in [1.54, 1.807) is 6.07 Å². The van der Waals surface area contributed by atoms with E-state index in [-0.39, 0.29) is 5.82 Å². The molecular formula is C16H19FN2. The maximum Gasteiger partial charge on any atom is 0.147 e. The van der Waals surface area contributed by atoms with Crippen LogP contribution in [0, 0.1) is 12.7 Å². The van der Waals surface area contributed by atoms with Crippen molar-refractivity contribution in [2.45, 2.75) is 20.4 Å². The third-order valence-corrected chi connectivity index (χ3v) is 3.19. The molecule has 2 N–H and O–H groups in total. The quantitative estimate of drug-likeness (QED) is 0.905. The molecule has 0 saturated heterocycles. The highest BCUT2D eigenvalue weighted by Crippen LogP contribution is 2.31. The molecule has 0 aliphatic carbocycles. The number of aryl methyl sites for hydroxylation is 1. The number of hydrogen-bond donors (Lipinski definition) is 1. The summed E-state index contributed by atoms with van der Waals surface area (Å²) in [6, 6.07) is 13.1. The van der Waals surface area contributed by atoms with E-state index >= 15 is 0 Å². The first kappa shape index (κ1) is 13.6. The average Bonchev–Trinajstić information content (AvgIpc) is 2.41. The Kier molecular flexibility index (Phi) is 4.17. The third kappa shape index (κ3) is 2.76. The van der Waals surface area contributed by atoms with E-state index in [0.29, 0.717) is 18.8 Å². The summed E-state index contributed by atoms with van der Waals surface area (Å²) in [7, 11) is 0. The normalized spacial score (nSPS) is 10.5. The molecular weight excluding hydrogens is 239 g/mol. The molecule has 0 aromatic heterocycles. The largest absolute Gasteiger partial charge is 0.339 e. The van der Waals surface area contributed by atoms with Crippen LogP contribution in [0.4, 0.5) is 15.8 Å². The smallest absolute Gasteiger partial charge is 0.147 e. The monoisotopic (exact) mass is 258 g/mol. The summed E-state index contributed by atoms with van der Waals surface area (Å²) in [5, 5.41) is 0. The number of hydrogen-bond acceptors (Lipinski definition) is 2. The molecule has 100 valence electrons. The van der Waals surface area contributed by atoms with Gasteiger partial charge in [-0.25, -0.2) is 4.39 Å². The summed E-state index contributed by atoms with van der Waals surface area (Å²) in [4.78, 5) is 1.96. The molecule has 2 aromatic carbocycles. The molecule has 0 fully saturated rings. The Hall–Kier alpha value is -1.87. The summed E-state index contributed by atoms with van der Waals surface area (Å²) in [6.07, 6.45) is 0. The molecule has 0 radical (unpaired) electrons. The minimum atomic E-state index is -0.230. The van der Waals surface area contributed by atoms with E-state index in [1.807, 2.05) is 43.0 Å². The lowest BCUT2D eigenvalue weighted by atomic mass is 10.1.